The number of halogens is 1. The molecule has 0 bridgehead atoms. The highest BCUT2D eigenvalue weighted by molar-refractivity contribution is 4.82. The van der Waals surface area contributed by atoms with Crippen LogP contribution in [-0.2, 0) is 4.74 Å². The van der Waals surface area contributed by atoms with Crippen LogP contribution in [0.3, 0.4) is 0 Å². The summed E-state index contributed by atoms with van der Waals surface area (Å²) in [4.78, 5) is 2.03. The van der Waals surface area contributed by atoms with E-state index in [9.17, 15) is 4.39 Å². The van der Waals surface area contributed by atoms with Crippen LogP contribution in [0.5, 0.6) is 0 Å². The molecule has 1 aliphatic rings. The Kier molecular flexibility index (Phi) is 3.47. The minimum absolute atomic E-state index is 0.247. The SMILES string of the molecule is CC(C)OC[C@H]1C[C@H](F)CN1C. The van der Waals surface area contributed by atoms with Crippen molar-refractivity contribution in [1.29, 1.82) is 0 Å². The second-order valence-corrected chi connectivity index (χ2v) is 3.81. The summed E-state index contributed by atoms with van der Waals surface area (Å²) in [5.74, 6) is 0. The Morgan fingerprint density at radius 1 is 1.58 bits per heavy atom. The van der Waals surface area contributed by atoms with Crippen molar-refractivity contribution in [2.45, 2.75) is 38.6 Å². The van der Waals surface area contributed by atoms with E-state index in [0.717, 1.165) is 0 Å². The third kappa shape index (κ3) is 2.72. The largest absolute Gasteiger partial charge is 0.377 e. The molecule has 0 unspecified atom stereocenters. The predicted molar refractivity (Wildman–Crippen MR) is 47.0 cm³/mol. The number of rotatable bonds is 3. The highest BCUT2D eigenvalue weighted by Gasteiger charge is 2.29. The molecule has 72 valence electrons. The van der Waals surface area contributed by atoms with E-state index in [2.05, 4.69) is 0 Å². The van der Waals surface area contributed by atoms with Crippen LogP contribution in [0.25, 0.3) is 0 Å². The molecule has 0 aromatic rings. The van der Waals surface area contributed by atoms with Crippen LogP contribution < -0.4 is 0 Å². The van der Waals surface area contributed by atoms with E-state index in [4.69, 9.17) is 4.74 Å². The molecule has 0 amide bonds. The van der Waals surface area contributed by atoms with Crippen molar-refractivity contribution in [2.75, 3.05) is 20.2 Å². The maximum absolute atomic E-state index is 12.9. The van der Waals surface area contributed by atoms with Crippen LogP contribution in [0, 0.1) is 0 Å². The van der Waals surface area contributed by atoms with Crippen LogP contribution in [0.2, 0.25) is 0 Å². The summed E-state index contributed by atoms with van der Waals surface area (Å²) in [6.45, 7) is 5.23. The summed E-state index contributed by atoms with van der Waals surface area (Å²) in [7, 11) is 1.95. The van der Waals surface area contributed by atoms with Crippen LogP contribution in [-0.4, -0.2) is 43.4 Å². The maximum atomic E-state index is 12.9. The topological polar surface area (TPSA) is 12.5 Å². The lowest BCUT2D eigenvalue weighted by molar-refractivity contribution is 0.0431. The number of likely N-dealkylation sites (tertiary alicyclic amines) is 1. The lowest BCUT2D eigenvalue weighted by Gasteiger charge is -2.19. The maximum Gasteiger partial charge on any atom is 0.114 e. The van der Waals surface area contributed by atoms with Crippen molar-refractivity contribution >= 4 is 0 Å². The molecule has 12 heavy (non-hydrogen) atoms. The molecule has 1 fully saturated rings. The third-order valence-electron chi connectivity index (χ3n) is 2.26. The first-order valence-electron chi connectivity index (χ1n) is 4.55. The second-order valence-electron chi connectivity index (χ2n) is 3.81. The van der Waals surface area contributed by atoms with Gasteiger partial charge in [0.2, 0.25) is 0 Å². The molecule has 0 N–H and O–H groups in total. The molecule has 0 aliphatic carbocycles. The number of likely N-dealkylation sites (N-methyl/N-ethyl adjacent to an activating group) is 1. The lowest BCUT2D eigenvalue weighted by atomic mass is 10.2. The van der Waals surface area contributed by atoms with Crippen LogP contribution in [0.15, 0.2) is 0 Å². The van der Waals surface area contributed by atoms with Gasteiger partial charge in [-0.2, -0.15) is 0 Å². The molecule has 0 radical (unpaired) electrons. The fourth-order valence-electron chi connectivity index (χ4n) is 1.51. The first kappa shape index (κ1) is 9.93. The average Bonchev–Trinajstić information content (AvgIpc) is 2.26. The van der Waals surface area contributed by atoms with Crippen molar-refractivity contribution < 1.29 is 9.13 Å². The van der Waals surface area contributed by atoms with Gasteiger partial charge in [-0.25, -0.2) is 4.39 Å². The minimum atomic E-state index is -0.657. The van der Waals surface area contributed by atoms with E-state index < -0.39 is 6.17 Å². The number of alkyl halides is 1. The smallest absolute Gasteiger partial charge is 0.114 e. The molecule has 2 atom stereocenters. The van der Waals surface area contributed by atoms with Crippen molar-refractivity contribution in [1.82, 2.24) is 4.90 Å². The highest BCUT2D eigenvalue weighted by atomic mass is 19.1. The number of ether oxygens (including phenoxy) is 1. The molecule has 1 saturated heterocycles. The summed E-state index contributed by atoms with van der Waals surface area (Å²) < 4.78 is 18.3. The first-order chi connectivity index (χ1) is 5.59. The van der Waals surface area contributed by atoms with Crippen molar-refractivity contribution in [2.24, 2.45) is 0 Å². The first-order valence-corrected chi connectivity index (χ1v) is 4.55. The van der Waals surface area contributed by atoms with E-state index in [1.807, 2.05) is 25.8 Å². The van der Waals surface area contributed by atoms with Gasteiger partial charge in [-0.1, -0.05) is 0 Å². The van der Waals surface area contributed by atoms with E-state index in [1.165, 1.54) is 0 Å². The average molecular weight is 175 g/mol. The van der Waals surface area contributed by atoms with Crippen LogP contribution in [0.4, 0.5) is 4.39 Å². The molecule has 3 heteroatoms. The molecule has 1 heterocycles. The van der Waals surface area contributed by atoms with Gasteiger partial charge in [-0.05, 0) is 27.3 Å². The molecular formula is C9H18FNO. The van der Waals surface area contributed by atoms with Crippen LogP contribution >= 0.6 is 0 Å². The standard InChI is InChI=1S/C9H18FNO/c1-7(2)12-6-9-4-8(10)5-11(9)3/h7-9H,4-6H2,1-3H3/t8-,9+/m0/s1. The molecule has 0 aromatic carbocycles. The van der Waals surface area contributed by atoms with E-state index in [1.54, 1.807) is 0 Å². The van der Waals surface area contributed by atoms with Gasteiger partial charge in [-0.3, -0.25) is 4.90 Å². The Morgan fingerprint density at radius 2 is 2.25 bits per heavy atom. The fourth-order valence-corrected chi connectivity index (χ4v) is 1.51. The van der Waals surface area contributed by atoms with Crippen molar-refractivity contribution in [3.8, 4) is 0 Å². The Labute approximate surface area is 73.7 Å². The van der Waals surface area contributed by atoms with Gasteiger partial charge in [0.05, 0.1) is 12.7 Å². The van der Waals surface area contributed by atoms with Gasteiger partial charge in [0, 0.05) is 12.6 Å². The van der Waals surface area contributed by atoms with Crippen LogP contribution in [0.1, 0.15) is 20.3 Å². The quantitative estimate of drug-likeness (QED) is 0.643. The van der Waals surface area contributed by atoms with Gasteiger partial charge < -0.3 is 4.74 Å². The molecular weight excluding hydrogens is 157 g/mol. The van der Waals surface area contributed by atoms with E-state index in [-0.39, 0.29) is 12.1 Å². The van der Waals surface area contributed by atoms with E-state index >= 15 is 0 Å². The summed E-state index contributed by atoms with van der Waals surface area (Å²) in [6.07, 6.45) is 0.219. The Bertz CT molecular complexity index is 140. The third-order valence-corrected chi connectivity index (χ3v) is 2.26. The van der Waals surface area contributed by atoms with Gasteiger partial charge >= 0.3 is 0 Å². The number of hydrogen-bond donors (Lipinski definition) is 0. The molecule has 1 aliphatic heterocycles. The zero-order chi connectivity index (χ0) is 9.14. The number of hydrogen-bond acceptors (Lipinski definition) is 2. The van der Waals surface area contributed by atoms with Gasteiger partial charge in [0.15, 0.2) is 0 Å². The summed E-state index contributed by atoms with van der Waals surface area (Å²) in [6, 6.07) is 0.280. The monoisotopic (exact) mass is 175 g/mol. The summed E-state index contributed by atoms with van der Waals surface area (Å²) in [5.41, 5.74) is 0. The van der Waals surface area contributed by atoms with Gasteiger partial charge in [0.25, 0.3) is 0 Å². The van der Waals surface area contributed by atoms with Gasteiger partial charge in [0.1, 0.15) is 6.17 Å². The Balaban J connectivity index is 2.23. The van der Waals surface area contributed by atoms with Crippen molar-refractivity contribution in [3.63, 3.8) is 0 Å². The molecule has 0 aromatic heterocycles. The van der Waals surface area contributed by atoms with Gasteiger partial charge in [-0.15, -0.1) is 0 Å². The minimum Gasteiger partial charge on any atom is -0.377 e. The Hall–Kier alpha value is -0.150. The lowest BCUT2D eigenvalue weighted by Crippen LogP contribution is -2.30. The number of nitrogens with zero attached hydrogens (tertiary/aromatic N) is 1. The predicted octanol–water partition coefficient (Wildman–Crippen LogP) is 1.45. The zero-order valence-corrected chi connectivity index (χ0v) is 8.09. The molecule has 2 nitrogen and oxygen atoms in total. The summed E-state index contributed by atoms with van der Waals surface area (Å²) in [5, 5.41) is 0. The zero-order valence-electron chi connectivity index (χ0n) is 8.09. The fraction of sp³-hybridized carbons (Fsp3) is 1.00. The van der Waals surface area contributed by atoms with Crippen molar-refractivity contribution in [3.05, 3.63) is 0 Å². The Morgan fingerprint density at radius 3 is 2.67 bits per heavy atom. The molecule has 0 saturated carbocycles. The normalized spacial score (nSPS) is 31.8. The molecule has 0 spiro atoms. The molecule has 1 rings (SSSR count). The second kappa shape index (κ2) is 4.19. The summed E-state index contributed by atoms with van der Waals surface area (Å²) >= 11 is 0. The van der Waals surface area contributed by atoms with E-state index in [0.29, 0.717) is 19.6 Å². The highest BCUT2D eigenvalue weighted by Crippen LogP contribution is 2.18.